The van der Waals surface area contributed by atoms with Crippen LogP contribution in [0.3, 0.4) is 0 Å². The molecule has 8 aromatic carbocycles. The number of nitrogens with zero attached hydrogens (tertiary/aromatic N) is 6. The van der Waals surface area contributed by atoms with E-state index in [-0.39, 0.29) is 71.2 Å². The molecule has 20 nitrogen and oxygen atoms in total. The maximum absolute atomic E-state index is 12.8. The number of piperidine rings is 2. The molecule has 18 rings (SSSR count). The van der Waals surface area contributed by atoms with Gasteiger partial charge in [0.1, 0.15) is 17.1 Å². The molecule has 5 amide bonds. The van der Waals surface area contributed by atoms with Crippen LogP contribution in [0.25, 0.3) is 11.0 Å². The van der Waals surface area contributed by atoms with Crippen LogP contribution in [0.1, 0.15) is 147 Å². The first-order valence-corrected chi connectivity index (χ1v) is 43.5. The van der Waals surface area contributed by atoms with E-state index in [1.54, 1.807) is 14.0 Å². The Balaban J connectivity index is 0.000000123. The molecule has 4 atom stereocenters. The summed E-state index contributed by atoms with van der Waals surface area (Å²) in [6.45, 7) is 10.4. The number of Topliss-reactive ketones (excluding diaryl/α,β-unsaturated/α-hetero) is 1. The Hall–Kier alpha value is -10.7. The van der Waals surface area contributed by atoms with Crippen LogP contribution in [-0.2, 0) is 85.5 Å². The topological polar surface area (TPSA) is 226 Å². The summed E-state index contributed by atoms with van der Waals surface area (Å²) in [5, 5.41) is 16.1. The number of imidazole rings is 1. The van der Waals surface area contributed by atoms with Crippen LogP contribution in [0.15, 0.2) is 211 Å². The highest BCUT2D eigenvalue weighted by molar-refractivity contribution is 5.93. The largest absolute Gasteiger partial charge is 0.495 e. The number of ether oxygens (including phenoxy) is 1. The maximum Gasteiger partial charge on any atom is 0.326 e. The van der Waals surface area contributed by atoms with Crippen molar-refractivity contribution in [1.82, 2.24) is 50.8 Å². The van der Waals surface area contributed by atoms with Crippen molar-refractivity contribution in [2.45, 2.75) is 183 Å². The Morgan fingerprint density at radius 2 is 0.847 bits per heavy atom. The number of amides is 5. The van der Waals surface area contributed by atoms with Crippen LogP contribution in [0.2, 0.25) is 0 Å². The molecular weight excluding hydrogens is 1470 g/mol. The van der Waals surface area contributed by atoms with Crippen molar-refractivity contribution in [3.63, 3.8) is 0 Å². The SMILES string of the molecule is CC(=O)C1(c2ccccc2)CCN(CC(=O)NC2CCc3ccccc3C2)CC1.COc1ccccc1N1CCN(CC(=O)NC2CCc3ccccc3C2)CC1.O=C(CC1CCC2(CC1)C(=O)NCN2c1ccccc1)NC1CCc2ccccc2C1.O=C(CN1CCC(n2c(=O)[nH]c3ccccc32)CC1)NC1CCc2ccccc2C1. The van der Waals surface area contributed by atoms with Gasteiger partial charge in [-0.25, -0.2) is 4.79 Å². The lowest BCUT2D eigenvalue weighted by atomic mass is 9.70. The fraction of sp³-hybridized carbons (Fsp3) is 0.439. The summed E-state index contributed by atoms with van der Waals surface area (Å²) in [6, 6.07) is 71.6. The Labute approximate surface area is 695 Å². The number of piperazine rings is 1. The molecule has 4 aliphatic heterocycles. The number of H-pyrrole nitrogens is 1. The summed E-state index contributed by atoms with van der Waals surface area (Å²) >= 11 is 0. The van der Waals surface area contributed by atoms with E-state index < -0.39 is 11.0 Å². The molecule has 9 aromatic rings. The minimum absolute atomic E-state index is 0.0371. The second-order valence-corrected chi connectivity index (χ2v) is 34.3. The molecule has 118 heavy (non-hydrogen) atoms. The average Bonchev–Trinajstić information content (AvgIpc) is 1.59. The standard InChI is InChI=1S/C26H31N3O2.C25H30N2O2.C24H28N4O2.C23H29N3O2/c30-24(28-22-11-10-20-6-4-5-7-21(20)17-22)16-19-12-14-26(15-13-19)25(31)27-18-29(26)23-8-2-1-3-9-23;1-19(28)25(22-9-3-2-4-10-22)13-15-27(16-14-25)18-24(29)26-23-12-11-20-7-5-6-8-21(20)17-23;29-23(25-19-10-9-17-5-1-2-6-18(17)15-19)16-27-13-11-20(12-14-27)28-22-8-4-3-7-21(22)26-24(28)30;1-28-22-9-5-4-8-21(22)26-14-12-25(13-15-26)17-23(27)24-20-11-10-18-6-2-3-7-19(18)16-20/h1-9,19,22H,10-18H2,(H,27,31)(H,28,30);2-10,23H,11-18H2,1H3,(H,26,29);1-8,19-20H,9-16H2,(H,25,29)(H,26,30);2-9,20H,10-17H2,1H3,(H,24,27). The number of aryl methyl sites for hydroxylation is 4. The first-order valence-electron chi connectivity index (χ1n) is 43.5. The number of carbonyl (C=O) groups excluding carboxylic acids is 6. The second-order valence-electron chi connectivity index (χ2n) is 34.3. The number of anilines is 2. The molecule has 20 heteroatoms. The lowest BCUT2D eigenvalue weighted by Crippen LogP contribution is -2.52. The molecule has 4 unspecified atom stereocenters. The van der Waals surface area contributed by atoms with Gasteiger partial charge in [0.25, 0.3) is 0 Å². The number of benzene rings is 8. The molecule has 1 aromatic heterocycles. The average molecular weight is 1590 g/mol. The van der Waals surface area contributed by atoms with E-state index in [2.05, 4.69) is 183 Å². The molecular formula is C98H118N12O8. The zero-order valence-electron chi connectivity index (χ0n) is 68.9. The van der Waals surface area contributed by atoms with Crippen molar-refractivity contribution in [2.75, 3.05) is 95.6 Å². The molecule has 5 fully saturated rings. The quantitative estimate of drug-likeness (QED) is 0.0471. The molecule has 6 N–H and O–H groups in total. The van der Waals surface area contributed by atoms with E-state index >= 15 is 0 Å². The minimum Gasteiger partial charge on any atom is -0.495 e. The highest BCUT2D eigenvalue weighted by Crippen LogP contribution is 2.43. The highest BCUT2D eigenvalue weighted by Gasteiger charge is 2.51. The van der Waals surface area contributed by atoms with Crippen molar-refractivity contribution in [1.29, 1.82) is 0 Å². The monoisotopic (exact) mass is 1590 g/mol. The Morgan fingerprint density at radius 1 is 0.432 bits per heavy atom. The van der Waals surface area contributed by atoms with Gasteiger partial charge in [0, 0.05) is 81.6 Å². The predicted octanol–water partition coefficient (Wildman–Crippen LogP) is 12.0. The molecule has 1 spiro atoms. The van der Waals surface area contributed by atoms with E-state index in [4.69, 9.17) is 4.74 Å². The van der Waals surface area contributed by atoms with Gasteiger partial charge in [-0.3, -0.25) is 48.0 Å². The van der Waals surface area contributed by atoms with Crippen LogP contribution in [0, 0.1) is 5.92 Å². The third-order valence-corrected chi connectivity index (χ3v) is 26.8. The van der Waals surface area contributed by atoms with E-state index in [1.807, 2.05) is 83.4 Å². The summed E-state index contributed by atoms with van der Waals surface area (Å²) in [4.78, 5) is 102. The van der Waals surface area contributed by atoms with E-state index in [9.17, 15) is 33.6 Å². The van der Waals surface area contributed by atoms with Crippen molar-refractivity contribution < 1.29 is 33.5 Å². The number of para-hydroxylation sites is 5. The molecule has 4 saturated heterocycles. The maximum atomic E-state index is 12.8. The molecule has 5 heterocycles. The van der Waals surface area contributed by atoms with Gasteiger partial charge in [0.05, 0.1) is 55.5 Å². The number of methoxy groups -OCH3 is 1. The third-order valence-electron chi connectivity index (χ3n) is 26.8. The van der Waals surface area contributed by atoms with Gasteiger partial charge in [-0.1, -0.05) is 170 Å². The third kappa shape index (κ3) is 20.2. The van der Waals surface area contributed by atoms with Gasteiger partial charge in [-0.2, -0.15) is 0 Å². The second kappa shape index (κ2) is 38.8. The van der Waals surface area contributed by atoms with Gasteiger partial charge in [-0.05, 0) is 241 Å². The van der Waals surface area contributed by atoms with Gasteiger partial charge < -0.3 is 46.1 Å². The molecule has 1 saturated carbocycles. The summed E-state index contributed by atoms with van der Waals surface area (Å²) in [5.41, 5.74) is 15.4. The Morgan fingerprint density at radius 3 is 1.33 bits per heavy atom. The number of rotatable bonds is 18. The zero-order valence-corrected chi connectivity index (χ0v) is 68.9. The minimum atomic E-state index is -0.457. The van der Waals surface area contributed by atoms with E-state index in [0.717, 1.165) is 214 Å². The number of carbonyl (C=O) groups is 6. The van der Waals surface area contributed by atoms with Crippen LogP contribution in [0.4, 0.5) is 11.4 Å². The van der Waals surface area contributed by atoms with Crippen molar-refractivity contribution in [3.05, 3.63) is 267 Å². The van der Waals surface area contributed by atoms with E-state index in [0.29, 0.717) is 38.6 Å². The number of aromatic nitrogens is 2. The van der Waals surface area contributed by atoms with Crippen LogP contribution in [-0.4, -0.2) is 175 Å². The highest BCUT2D eigenvalue weighted by atomic mass is 16.5. The predicted molar refractivity (Wildman–Crippen MR) is 466 cm³/mol. The van der Waals surface area contributed by atoms with Gasteiger partial charge in [0.2, 0.25) is 29.5 Å². The van der Waals surface area contributed by atoms with Crippen LogP contribution >= 0.6 is 0 Å². The molecule has 5 aliphatic carbocycles. The number of ketones is 1. The van der Waals surface area contributed by atoms with Crippen molar-refractivity contribution >= 4 is 57.7 Å². The lowest BCUT2D eigenvalue weighted by Gasteiger charge is -2.42. The van der Waals surface area contributed by atoms with Crippen molar-refractivity contribution in [3.8, 4) is 5.75 Å². The normalized spacial score (nSPS) is 22.3. The summed E-state index contributed by atoms with van der Waals surface area (Å²) in [5.74, 6) is 2.16. The molecule has 618 valence electrons. The summed E-state index contributed by atoms with van der Waals surface area (Å²) in [6.07, 6.45) is 19.3. The van der Waals surface area contributed by atoms with Crippen LogP contribution in [0.5, 0.6) is 5.75 Å². The number of fused-ring (bicyclic) bond motifs is 5. The number of nitrogens with one attached hydrogen (secondary N) is 6. The molecule has 0 bridgehead atoms. The zero-order chi connectivity index (χ0) is 81.4. The lowest BCUT2D eigenvalue weighted by molar-refractivity contribution is -0.127. The number of hydrogen-bond donors (Lipinski definition) is 6. The first-order chi connectivity index (χ1) is 57.6. The summed E-state index contributed by atoms with van der Waals surface area (Å²) < 4.78 is 7.38. The molecule has 9 aliphatic rings. The van der Waals surface area contributed by atoms with Gasteiger partial charge in [-0.15, -0.1) is 0 Å². The van der Waals surface area contributed by atoms with Crippen molar-refractivity contribution in [2.24, 2.45) is 5.92 Å². The fourth-order valence-electron chi connectivity index (χ4n) is 20.2. The molecule has 0 radical (unpaired) electrons. The number of aromatic amines is 1. The Bertz CT molecular complexity index is 4980. The smallest absolute Gasteiger partial charge is 0.326 e. The van der Waals surface area contributed by atoms with Gasteiger partial charge >= 0.3 is 5.69 Å². The number of hydrogen-bond acceptors (Lipinski definition) is 13. The van der Waals surface area contributed by atoms with E-state index in [1.165, 1.54) is 44.5 Å². The fourth-order valence-corrected chi connectivity index (χ4v) is 20.2. The number of likely N-dealkylation sites (tertiary alicyclic amines) is 2. The van der Waals surface area contributed by atoms with Gasteiger partial charge in [0.15, 0.2) is 0 Å². The summed E-state index contributed by atoms with van der Waals surface area (Å²) in [7, 11) is 1.71. The Kier molecular flexibility index (Phi) is 27.1. The van der Waals surface area contributed by atoms with Crippen LogP contribution < -0.4 is 46.8 Å². The first kappa shape index (κ1) is 82.4.